The number of thiophene rings is 1. The van der Waals surface area contributed by atoms with Crippen molar-refractivity contribution < 1.29 is 9.90 Å². The van der Waals surface area contributed by atoms with E-state index in [-0.39, 0.29) is 0 Å². The van der Waals surface area contributed by atoms with E-state index in [4.69, 9.17) is 5.11 Å². The van der Waals surface area contributed by atoms with Crippen molar-refractivity contribution in [3.05, 3.63) is 21.4 Å². The molecule has 1 N–H and O–H groups in total. The molecule has 1 aromatic rings. The second kappa shape index (κ2) is 3.72. The largest absolute Gasteiger partial charge is 0.477 e. The predicted octanol–water partition coefficient (Wildman–Crippen LogP) is 2.57. The molecule has 0 fully saturated rings. The summed E-state index contributed by atoms with van der Waals surface area (Å²) in [5, 5.41) is 8.72. The van der Waals surface area contributed by atoms with E-state index in [1.807, 2.05) is 6.92 Å². The number of aromatic carboxylic acids is 1. The topological polar surface area (TPSA) is 37.3 Å². The van der Waals surface area contributed by atoms with E-state index in [0.29, 0.717) is 4.88 Å². The summed E-state index contributed by atoms with van der Waals surface area (Å²) >= 11 is 1.39. The number of carbonyl (C=O) groups is 1. The second-order valence-corrected chi connectivity index (χ2v) is 3.71. The first-order valence-electron chi connectivity index (χ1n) is 4.03. The fourth-order valence-electron chi connectivity index (χ4n) is 1.17. The summed E-state index contributed by atoms with van der Waals surface area (Å²) in [6, 6.07) is 1.78. The maximum absolute atomic E-state index is 10.6. The van der Waals surface area contributed by atoms with Gasteiger partial charge in [0, 0.05) is 4.88 Å². The highest BCUT2D eigenvalue weighted by molar-refractivity contribution is 7.14. The van der Waals surface area contributed by atoms with Crippen LogP contribution in [0.5, 0.6) is 0 Å². The van der Waals surface area contributed by atoms with E-state index < -0.39 is 5.97 Å². The monoisotopic (exact) mass is 184 g/mol. The van der Waals surface area contributed by atoms with Gasteiger partial charge in [-0.15, -0.1) is 11.3 Å². The van der Waals surface area contributed by atoms with Gasteiger partial charge in [-0.3, -0.25) is 0 Å². The SMILES string of the molecule is CCc1cc(C(=O)O)sc1CC. The molecule has 0 aromatic carbocycles. The summed E-state index contributed by atoms with van der Waals surface area (Å²) < 4.78 is 0. The first kappa shape index (κ1) is 9.26. The molecule has 0 saturated heterocycles. The molecule has 0 aliphatic heterocycles. The summed E-state index contributed by atoms with van der Waals surface area (Å²) in [6.45, 7) is 4.10. The molecule has 66 valence electrons. The Balaban J connectivity index is 3.05. The fraction of sp³-hybridized carbons (Fsp3) is 0.444. The summed E-state index contributed by atoms with van der Waals surface area (Å²) in [4.78, 5) is 12.3. The highest BCUT2D eigenvalue weighted by Gasteiger charge is 2.10. The molecule has 1 heterocycles. The fourth-order valence-corrected chi connectivity index (χ4v) is 2.20. The zero-order chi connectivity index (χ0) is 9.14. The van der Waals surface area contributed by atoms with Crippen molar-refractivity contribution in [1.29, 1.82) is 0 Å². The molecular formula is C9H12O2S. The highest BCUT2D eigenvalue weighted by atomic mass is 32.1. The van der Waals surface area contributed by atoms with Gasteiger partial charge in [-0.25, -0.2) is 4.79 Å². The van der Waals surface area contributed by atoms with Crippen LogP contribution in [-0.4, -0.2) is 11.1 Å². The third-order valence-corrected chi connectivity index (χ3v) is 3.12. The van der Waals surface area contributed by atoms with Crippen LogP contribution in [-0.2, 0) is 12.8 Å². The minimum Gasteiger partial charge on any atom is -0.477 e. The highest BCUT2D eigenvalue weighted by Crippen LogP contribution is 2.23. The Morgan fingerprint density at radius 1 is 1.50 bits per heavy atom. The molecule has 12 heavy (non-hydrogen) atoms. The van der Waals surface area contributed by atoms with Crippen LogP contribution in [0, 0.1) is 0 Å². The normalized spacial score (nSPS) is 10.2. The zero-order valence-corrected chi connectivity index (χ0v) is 8.07. The summed E-state index contributed by atoms with van der Waals surface area (Å²) in [6.07, 6.45) is 1.86. The van der Waals surface area contributed by atoms with Crippen LogP contribution in [0.25, 0.3) is 0 Å². The molecule has 3 heteroatoms. The van der Waals surface area contributed by atoms with Crippen molar-refractivity contribution in [2.45, 2.75) is 26.7 Å². The molecule has 2 nitrogen and oxygen atoms in total. The van der Waals surface area contributed by atoms with Crippen molar-refractivity contribution in [3.63, 3.8) is 0 Å². The van der Waals surface area contributed by atoms with E-state index in [1.54, 1.807) is 6.07 Å². The molecule has 1 rings (SSSR count). The Kier molecular flexibility index (Phi) is 2.87. The second-order valence-electron chi connectivity index (χ2n) is 2.57. The Hall–Kier alpha value is -0.830. The van der Waals surface area contributed by atoms with E-state index in [2.05, 4.69) is 6.92 Å². The van der Waals surface area contributed by atoms with Crippen LogP contribution < -0.4 is 0 Å². The van der Waals surface area contributed by atoms with Crippen LogP contribution in [0.3, 0.4) is 0 Å². The molecule has 0 bridgehead atoms. The lowest BCUT2D eigenvalue weighted by Crippen LogP contribution is -1.90. The van der Waals surface area contributed by atoms with Crippen molar-refractivity contribution in [2.24, 2.45) is 0 Å². The Bertz CT molecular complexity index is 267. The van der Waals surface area contributed by atoms with Crippen LogP contribution in [0.1, 0.15) is 34.0 Å². The number of hydrogen-bond acceptors (Lipinski definition) is 2. The van der Waals surface area contributed by atoms with Crippen LogP contribution in [0.4, 0.5) is 0 Å². The van der Waals surface area contributed by atoms with Gasteiger partial charge in [0.15, 0.2) is 0 Å². The van der Waals surface area contributed by atoms with Gasteiger partial charge >= 0.3 is 5.97 Å². The molecule has 0 saturated carbocycles. The van der Waals surface area contributed by atoms with Gasteiger partial charge in [0.2, 0.25) is 0 Å². The molecule has 0 unspecified atom stereocenters. The quantitative estimate of drug-likeness (QED) is 0.783. The van der Waals surface area contributed by atoms with Gasteiger partial charge < -0.3 is 5.11 Å². The average Bonchev–Trinajstić information content (AvgIpc) is 2.46. The van der Waals surface area contributed by atoms with Gasteiger partial charge in [-0.1, -0.05) is 13.8 Å². The van der Waals surface area contributed by atoms with E-state index in [9.17, 15) is 4.79 Å². The first-order chi connectivity index (χ1) is 5.69. The molecule has 0 aliphatic carbocycles. The number of aryl methyl sites for hydroxylation is 2. The zero-order valence-electron chi connectivity index (χ0n) is 7.26. The Morgan fingerprint density at radius 2 is 2.17 bits per heavy atom. The van der Waals surface area contributed by atoms with Gasteiger partial charge in [-0.2, -0.15) is 0 Å². The van der Waals surface area contributed by atoms with E-state index in [0.717, 1.165) is 12.8 Å². The minimum atomic E-state index is -0.811. The molecule has 0 spiro atoms. The first-order valence-corrected chi connectivity index (χ1v) is 4.85. The number of carboxylic acids is 1. The van der Waals surface area contributed by atoms with Crippen molar-refractivity contribution in [2.75, 3.05) is 0 Å². The van der Waals surface area contributed by atoms with E-state index in [1.165, 1.54) is 21.8 Å². The molecule has 0 amide bonds. The van der Waals surface area contributed by atoms with Crippen molar-refractivity contribution in [3.8, 4) is 0 Å². The maximum atomic E-state index is 10.6. The smallest absolute Gasteiger partial charge is 0.345 e. The molecule has 0 atom stereocenters. The lowest BCUT2D eigenvalue weighted by atomic mass is 10.1. The van der Waals surface area contributed by atoms with Gasteiger partial charge in [0.05, 0.1) is 0 Å². The number of hydrogen-bond donors (Lipinski definition) is 1. The van der Waals surface area contributed by atoms with Crippen molar-refractivity contribution in [1.82, 2.24) is 0 Å². The third-order valence-electron chi connectivity index (χ3n) is 1.81. The predicted molar refractivity (Wildman–Crippen MR) is 50.0 cm³/mol. The van der Waals surface area contributed by atoms with Crippen molar-refractivity contribution >= 4 is 17.3 Å². The maximum Gasteiger partial charge on any atom is 0.345 e. The lowest BCUT2D eigenvalue weighted by molar-refractivity contribution is 0.0702. The van der Waals surface area contributed by atoms with Gasteiger partial charge in [0.1, 0.15) is 4.88 Å². The third kappa shape index (κ3) is 1.67. The van der Waals surface area contributed by atoms with Crippen LogP contribution in [0.2, 0.25) is 0 Å². The van der Waals surface area contributed by atoms with E-state index >= 15 is 0 Å². The Morgan fingerprint density at radius 3 is 2.50 bits per heavy atom. The van der Waals surface area contributed by atoms with Crippen LogP contribution in [0.15, 0.2) is 6.07 Å². The standard InChI is InChI=1S/C9H12O2S/c1-3-6-5-8(9(10)11)12-7(6)4-2/h5H,3-4H2,1-2H3,(H,10,11). The number of carboxylic acid groups (broad SMARTS) is 1. The molecule has 0 aliphatic rings. The van der Waals surface area contributed by atoms with Crippen LogP contribution >= 0.6 is 11.3 Å². The number of rotatable bonds is 3. The minimum absolute atomic E-state index is 0.462. The molecular weight excluding hydrogens is 172 g/mol. The lowest BCUT2D eigenvalue weighted by Gasteiger charge is -1.92. The van der Waals surface area contributed by atoms with Gasteiger partial charge in [0.25, 0.3) is 0 Å². The summed E-state index contributed by atoms with van der Waals surface area (Å²) in [5.41, 5.74) is 1.18. The average molecular weight is 184 g/mol. The van der Waals surface area contributed by atoms with Gasteiger partial charge in [-0.05, 0) is 24.5 Å². The molecule has 0 radical (unpaired) electrons. The Labute approximate surface area is 75.9 Å². The summed E-state index contributed by atoms with van der Waals surface area (Å²) in [5.74, 6) is -0.811. The summed E-state index contributed by atoms with van der Waals surface area (Å²) in [7, 11) is 0. The molecule has 1 aromatic heterocycles.